The van der Waals surface area contributed by atoms with Gasteiger partial charge in [-0.2, -0.15) is 0 Å². The quantitative estimate of drug-likeness (QED) is 0.164. The van der Waals surface area contributed by atoms with Crippen LogP contribution in [-0.2, 0) is 0 Å². The Kier molecular flexibility index (Phi) is 6.98. The van der Waals surface area contributed by atoms with Crippen LogP contribution in [0.25, 0.3) is 93.7 Å². The molecule has 0 aliphatic heterocycles. The van der Waals surface area contributed by atoms with Gasteiger partial charge in [-0.3, -0.25) is 9.13 Å². The third-order valence-electron chi connectivity index (χ3n) is 11.1. The summed E-state index contributed by atoms with van der Waals surface area (Å²) in [5.74, 6) is 0. The molecule has 55 heavy (non-hydrogen) atoms. The number of fused-ring (bicyclic) bond motifs is 6. The minimum Gasteiger partial charge on any atom is -0.309 e. The van der Waals surface area contributed by atoms with Gasteiger partial charge in [-0.15, -0.1) is 0 Å². The second-order valence-corrected chi connectivity index (χ2v) is 14.1. The molecule has 0 saturated carbocycles. The predicted octanol–water partition coefficient (Wildman–Crippen LogP) is 12.5. The molecule has 0 atom stereocenters. The maximum absolute atomic E-state index is 14.1. The highest BCUT2D eigenvalue weighted by atomic mass is 16.1. The van der Waals surface area contributed by atoms with Gasteiger partial charge in [0.1, 0.15) is 0 Å². The first-order valence-electron chi connectivity index (χ1n) is 18.7. The van der Waals surface area contributed by atoms with Crippen LogP contribution in [0.4, 0.5) is 0 Å². The van der Waals surface area contributed by atoms with Crippen LogP contribution < -0.4 is 5.69 Å². The number of hydrogen-bond acceptors (Lipinski definition) is 1. The number of para-hydroxylation sites is 5. The van der Waals surface area contributed by atoms with E-state index in [4.69, 9.17) is 0 Å². The Morgan fingerprint density at radius 2 is 0.655 bits per heavy atom. The summed E-state index contributed by atoms with van der Waals surface area (Å²) >= 11 is 0. The molecule has 9 aromatic carbocycles. The molecule has 2 aromatic heterocycles. The van der Waals surface area contributed by atoms with Crippen LogP contribution in [-0.4, -0.2) is 13.7 Å². The number of aromatic nitrogens is 3. The molecule has 11 aromatic rings. The minimum absolute atomic E-state index is 0.0933. The van der Waals surface area contributed by atoms with Gasteiger partial charge >= 0.3 is 5.69 Å². The van der Waals surface area contributed by atoms with E-state index in [1.54, 1.807) is 4.57 Å². The van der Waals surface area contributed by atoms with Crippen molar-refractivity contribution in [1.29, 1.82) is 0 Å². The molecule has 0 saturated heterocycles. The zero-order valence-corrected chi connectivity index (χ0v) is 29.8. The van der Waals surface area contributed by atoms with Crippen molar-refractivity contribution in [3.8, 4) is 39.3 Å². The highest BCUT2D eigenvalue weighted by Crippen LogP contribution is 2.45. The zero-order chi connectivity index (χ0) is 36.5. The van der Waals surface area contributed by atoms with Crippen molar-refractivity contribution in [2.24, 2.45) is 0 Å². The first kappa shape index (κ1) is 31.1. The van der Waals surface area contributed by atoms with Crippen LogP contribution in [0.15, 0.2) is 205 Å². The molecule has 11 rings (SSSR count). The Bertz CT molecular complexity index is 3260. The van der Waals surface area contributed by atoms with Crippen LogP contribution in [0.3, 0.4) is 0 Å². The van der Waals surface area contributed by atoms with Crippen molar-refractivity contribution < 1.29 is 0 Å². The first-order valence-corrected chi connectivity index (χ1v) is 18.7. The largest absolute Gasteiger partial charge is 0.338 e. The van der Waals surface area contributed by atoms with Crippen LogP contribution in [0.2, 0.25) is 0 Å². The van der Waals surface area contributed by atoms with E-state index < -0.39 is 0 Å². The fourth-order valence-electron chi connectivity index (χ4n) is 8.74. The monoisotopic (exact) mass is 703 g/mol. The van der Waals surface area contributed by atoms with E-state index in [2.05, 4.69) is 150 Å². The number of rotatable bonds is 5. The Balaban J connectivity index is 1.10. The third kappa shape index (κ3) is 4.75. The van der Waals surface area contributed by atoms with Crippen molar-refractivity contribution in [3.05, 3.63) is 211 Å². The molecule has 0 aliphatic carbocycles. The van der Waals surface area contributed by atoms with E-state index in [1.165, 1.54) is 60.0 Å². The molecule has 0 radical (unpaired) electrons. The van der Waals surface area contributed by atoms with Crippen molar-refractivity contribution in [3.63, 3.8) is 0 Å². The van der Waals surface area contributed by atoms with Gasteiger partial charge in [0.15, 0.2) is 0 Å². The van der Waals surface area contributed by atoms with Crippen LogP contribution in [0, 0.1) is 0 Å². The van der Waals surface area contributed by atoms with Gasteiger partial charge in [-0.05, 0) is 111 Å². The average Bonchev–Trinajstić information content (AvgIpc) is 3.74. The summed E-state index contributed by atoms with van der Waals surface area (Å²) in [5, 5.41) is 7.25. The zero-order valence-electron chi connectivity index (χ0n) is 29.8. The van der Waals surface area contributed by atoms with E-state index in [0.717, 1.165) is 33.7 Å². The lowest BCUT2D eigenvalue weighted by atomic mass is 9.85. The first-order chi connectivity index (χ1) is 27.2. The van der Waals surface area contributed by atoms with Crippen LogP contribution in [0.1, 0.15) is 0 Å². The molecular formula is C51H33N3O. The smallest absolute Gasteiger partial charge is 0.309 e. The number of nitrogens with zero attached hydrogens (tertiary/aromatic N) is 3. The topological polar surface area (TPSA) is 31.9 Å². The van der Waals surface area contributed by atoms with Crippen molar-refractivity contribution >= 4 is 54.4 Å². The van der Waals surface area contributed by atoms with E-state index >= 15 is 0 Å². The van der Waals surface area contributed by atoms with Crippen molar-refractivity contribution in [2.45, 2.75) is 0 Å². The highest BCUT2D eigenvalue weighted by Gasteiger charge is 2.20. The van der Waals surface area contributed by atoms with Crippen LogP contribution >= 0.6 is 0 Å². The fraction of sp³-hybridized carbons (Fsp3) is 0. The van der Waals surface area contributed by atoms with Crippen LogP contribution in [0.5, 0.6) is 0 Å². The average molecular weight is 704 g/mol. The Hall–Kier alpha value is -7.43. The molecule has 0 unspecified atom stereocenters. The minimum atomic E-state index is -0.0933. The molecule has 0 amide bonds. The Morgan fingerprint density at radius 1 is 0.273 bits per heavy atom. The van der Waals surface area contributed by atoms with E-state index in [-0.39, 0.29) is 5.69 Å². The van der Waals surface area contributed by atoms with Gasteiger partial charge in [-0.1, -0.05) is 133 Å². The van der Waals surface area contributed by atoms with Gasteiger partial charge in [0.2, 0.25) is 0 Å². The molecule has 4 nitrogen and oxygen atoms in total. The second-order valence-electron chi connectivity index (χ2n) is 14.1. The summed E-state index contributed by atoms with van der Waals surface area (Å²) in [4.78, 5) is 14.1. The molecule has 2 heterocycles. The van der Waals surface area contributed by atoms with Crippen molar-refractivity contribution in [1.82, 2.24) is 13.7 Å². The van der Waals surface area contributed by atoms with Crippen molar-refractivity contribution in [2.75, 3.05) is 0 Å². The number of imidazole rings is 1. The molecule has 4 heteroatoms. The van der Waals surface area contributed by atoms with Gasteiger partial charge in [0.25, 0.3) is 0 Å². The van der Waals surface area contributed by atoms with Gasteiger partial charge in [0, 0.05) is 16.5 Å². The summed E-state index contributed by atoms with van der Waals surface area (Å²) in [6, 6.07) is 70.1. The normalized spacial score (nSPS) is 11.7. The lowest BCUT2D eigenvalue weighted by Crippen LogP contribution is -2.22. The molecule has 0 fully saturated rings. The molecule has 0 N–H and O–H groups in total. The number of hydrogen-bond donors (Lipinski definition) is 0. The third-order valence-corrected chi connectivity index (χ3v) is 11.1. The SMILES string of the molecule is O=c1n(-c2ccccc2)c2ccccc2n1-c1ccc(-c2c3ccccc3c(-c3ccc4c(c3)c3ccccc3n4-c3ccccc3)c3ccccc23)cc1. The van der Waals surface area contributed by atoms with Gasteiger partial charge in [0.05, 0.1) is 33.4 Å². The molecule has 0 spiro atoms. The maximum Gasteiger partial charge on any atom is 0.338 e. The summed E-state index contributed by atoms with van der Waals surface area (Å²) in [5.41, 5.74) is 11.6. The molecule has 258 valence electrons. The maximum atomic E-state index is 14.1. The molecule has 0 bridgehead atoms. The molecular weight excluding hydrogens is 671 g/mol. The summed E-state index contributed by atoms with van der Waals surface area (Å²) in [6.07, 6.45) is 0. The standard InChI is InChI=1S/C51H33N3O/c55-51-53(37-17-5-2-6-18-37)47-25-13-14-26-48(47)54(51)38-30-27-34(28-31-38)49-40-20-7-9-22-42(40)50(43-23-10-8-21-41(43)49)35-29-32-46-44(33-35)39-19-11-12-24-45(39)52(46)36-15-3-1-4-16-36/h1-33H. The second kappa shape index (κ2) is 12.3. The number of benzene rings is 9. The summed E-state index contributed by atoms with van der Waals surface area (Å²) in [7, 11) is 0. The fourth-order valence-corrected chi connectivity index (χ4v) is 8.74. The Morgan fingerprint density at radius 3 is 1.20 bits per heavy atom. The summed E-state index contributed by atoms with van der Waals surface area (Å²) in [6.45, 7) is 0. The lowest BCUT2D eigenvalue weighted by Gasteiger charge is -2.18. The van der Waals surface area contributed by atoms with Gasteiger partial charge < -0.3 is 4.57 Å². The van der Waals surface area contributed by atoms with E-state index in [9.17, 15) is 4.79 Å². The lowest BCUT2D eigenvalue weighted by molar-refractivity contribution is 0.931. The van der Waals surface area contributed by atoms with Gasteiger partial charge in [-0.25, -0.2) is 4.79 Å². The molecule has 0 aliphatic rings. The van der Waals surface area contributed by atoms with E-state index in [1.807, 2.05) is 59.2 Å². The summed E-state index contributed by atoms with van der Waals surface area (Å²) < 4.78 is 5.97. The highest BCUT2D eigenvalue weighted by molar-refractivity contribution is 6.22. The Labute approximate surface area is 317 Å². The van der Waals surface area contributed by atoms with E-state index in [0.29, 0.717) is 0 Å². The predicted molar refractivity (Wildman–Crippen MR) is 229 cm³/mol.